The topological polar surface area (TPSA) is 83.5 Å². The summed E-state index contributed by atoms with van der Waals surface area (Å²) in [5.41, 5.74) is 0.818. The van der Waals surface area contributed by atoms with Gasteiger partial charge >= 0.3 is 0 Å². The average Bonchev–Trinajstić information content (AvgIpc) is 3.08. The summed E-state index contributed by atoms with van der Waals surface area (Å²) in [6.45, 7) is 4.13. The van der Waals surface area contributed by atoms with Gasteiger partial charge in [-0.05, 0) is 24.3 Å². The zero-order valence-corrected chi connectivity index (χ0v) is 16.9. The van der Waals surface area contributed by atoms with Crippen LogP contribution in [0.5, 0.6) is 5.75 Å². The second-order valence-corrected chi connectivity index (χ2v) is 6.13. The van der Waals surface area contributed by atoms with Gasteiger partial charge < -0.3 is 23.7 Å². The van der Waals surface area contributed by atoms with E-state index in [2.05, 4.69) is 5.92 Å². The number of terminal acetylenes is 1. The third-order valence-electron chi connectivity index (χ3n) is 3.99. The highest BCUT2D eigenvalue weighted by atomic mass is 16.6. The summed E-state index contributed by atoms with van der Waals surface area (Å²) in [7, 11) is 0. The van der Waals surface area contributed by atoms with E-state index in [1.165, 1.54) is 12.2 Å². The van der Waals surface area contributed by atoms with Gasteiger partial charge in [0.15, 0.2) is 0 Å². The maximum atomic E-state index is 11.3. The minimum Gasteiger partial charge on any atom is -0.491 e. The van der Waals surface area contributed by atoms with Gasteiger partial charge in [0.1, 0.15) is 12.4 Å². The van der Waals surface area contributed by atoms with Gasteiger partial charge in [0, 0.05) is 17.7 Å². The van der Waals surface area contributed by atoms with Crippen LogP contribution in [0.1, 0.15) is 5.56 Å². The highest BCUT2D eigenvalue weighted by Crippen LogP contribution is 2.11. The van der Waals surface area contributed by atoms with E-state index in [1.54, 1.807) is 0 Å². The quantitative estimate of drug-likeness (QED) is 0.226. The molecule has 1 aromatic rings. The lowest BCUT2D eigenvalue weighted by molar-refractivity contribution is -0.137. The molecule has 0 atom stereocenters. The van der Waals surface area contributed by atoms with Crippen LogP contribution < -0.4 is 4.74 Å². The smallest absolute Gasteiger partial charge is 0.253 e. The van der Waals surface area contributed by atoms with Crippen molar-refractivity contribution in [3.05, 3.63) is 42.0 Å². The molecule has 1 aliphatic rings. The fourth-order valence-corrected chi connectivity index (χ4v) is 2.43. The van der Waals surface area contributed by atoms with Gasteiger partial charge in [0.25, 0.3) is 11.8 Å². The first-order valence-electron chi connectivity index (χ1n) is 9.74. The highest BCUT2D eigenvalue weighted by Gasteiger charge is 2.22. The standard InChI is InChI=1S/C22H27NO7/c1-2-19-3-5-20(6-4-19)30-18-17-29-16-15-28-14-13-27-12-11-26-10-9-23-21(24)7-8-22(23)25/h1,3-8H,9-18H2. The molecular weight excluding hydrogens is 390 g/mol. The Kier molecular flexibility index (Phi) is 11.2. The highest BCUT2D eigenvalue weighted by molar-refractivity contribution is 6.12. The molecule has 2 amide bonds. The zero-order valence-electron chi connectivity index (χ0n) is 16.9. The van der Waals surface area contributed by atoms with Gasteiger partial charge in [0.2, 0.25) is 0 Å². The summed E-state index contributed by atoms with van der Waals surface area (Å²) in [4.78, 5) is 23.8. The summed E-state index contributed by atoms with van der Waals surface area (Å²) in [5.74, 6) is 2.70. The van der Waals surface area contributed by atoms with Crippen molar-refractivity contribution < 1.29 is 33.3 Å². The third-order valence-corrected chi connectivity index (χ3v) is 3.99. The zero-order chi connectivity index (χ0) is 21.4. The first-order chi connectivity index (χ1) is 14.7. The molecule has 2 rings (SSSR count). The van der Waals surface area contributed by atoms with Crippen LogP contribution in [-0.4, -0.2) is 82.7 Å². The van der Waals surface area contributed by atoms with Crippen LogP contribution in [-0.2, 0) is 28.5 Å². The van der Waals surface area contributed by atoms with Gasteiger partial charge in [-0.15, -0.1) is 6.42 Å². The molecule has 0 unspecified atom stereocenters. The number of hydrogen-bond donors (Lipinski definition) is 0. The van der Waals surface area contributed by atoms with Crippen molar-refractivity contribution >= 4 is 11.8 Å². The third kappa shape index (κ3) is 9.20. The van der Waals surface area contributed by atoms with Crippen molar-refractivity contribution in [2.45, 2.75) is 0 Å². The van der Waals surface area contributed by atoms with Crippen LogP contribution in [0.4, 0.5) is 0 Å². The molecule has 0 aromatic heterocycles. The Bertz CT molecular complexity index is 706. The molecule has 0 spiro atoms. The maximum absolute atomic E-state index is 11.3. The predicted molar refractivity (Wildman–Crippen MR) is 109 cm³/mol. The van der Waals surface area contributed by atoms with E-state index >= 15 is 0 Å². The summed E-state index contributed by atoms with van der Waals surface area (Å²) in [6.07, 6.45) is 7.81. The van der Waals surface area contributed by atoms with Crippen LogP contribution in [0.2, 0.25) is 0 Å². The number of nitrogens with zero attached hydrogens (tertiary/aromatic N) is 1. The molecule has 8 nitrogen and oxygen atoms in total. The van der Waals surface area contributed by atoms with E-state index < -0.39 is 0 Å². The molecule has 0 N–H and O–H groups in total. The molecule has 0 saturated carbocycles. The van der Waals surface area contributed by atoms with Crippen molar-refractivity contribution in [3.8, 4) is 18.1 Å². The van der Waals surface area contributed by atoms with Crippen LogP contribution in [0.15, 0.2) is 36.4 Å². The molecular formula is C22H27NO7. The lowest BCUT2D eigenvalue weighted by atomic mass is 10.2. The second-order valence-electron chi connectivity index (χ2n) is 6.13. The summed E-state index contributed by atoms with van der Waals surface area (Å²) in [5, 5.41) is 0. The van der Waals surface area contributed by atoms with Gasteiger partial charge in [-0.2, -0.15) is 0 Å². The fourth-order valence-electron chi connectivity index (χ4n) is 2.43. The number of rotatable bonds is 16. The first kappa shape index (κ1) is 23.6. The van der Waals surface area contributed by atoms with Gasteiger partial charge in [0.05, 0.1) is 59.4 Å². The lowest BCUT2D eigenvalue weighted by Gasteiger charge is -2.13. The molecule has 1 aliphatic heterocycles. The number of hydrogen-bond acceptors (Lipinski definition) is 7. The van der Waals surface area contributed by atoms with Crippen molar-refractivity contribution in [3.63, 3.8) is 0 Å². The number of ether oxygens (including phenoxy) is 5. The molecule has 0 radical (unpaired) electrons. The van der Waals surface area contributed by atoms with Crippen molar-refractivity contribution in [2.24, 2.45) is 0 Å². The Morgan fingerprint density at radius 1 is 0.700 bits per heavy atom. The lowest BCUT2D eigenvalue weighted by Crippen LogP contribution is -2.33. The van der Waals surface area contributed by atoms with Crippen LogP contribution in [0.25, 0.3) is 0 Å². The fraction of sp³-hybridized carbons (Fsp3) is 0.455. The van der Waals surface area contributed by atoms with Gasteiger partial charge in [-0.25, -0.2) is 0 Å². The number of carbonyl (C=O) groups excluding carboxylic acids is 2. The molecule has 1 heterocycles. The molecule has 8 heteroatoms. The molecule has 0 fully saturated rings. The van der Waals surface area contributed by atoms with Crippen LogP contribution in [0, 0.1) is 12.3 Å². The van der Waals surface area contributed by atoms with Crippen molar-refractivity contribution in [1.29, 1.82) is 0 Å². The SMILES string of the molecule is C#Cc1ccc(OCCOCCOCCOCCOCCN2C(=O)C=CC2=O)cc1. The van der Waals surface area contributed by atoms with Crippen molar-refractivity contribution in [1.82, 2.24) is 4.90 Å². The monoisotopic (exact) mass is 417 g/mol. The first-order valence-corrected chi connectivity index (χ1v) is 9.74. The number of benzene rings is 1. The Morgan fingerprint density at radius 3 is 1.67 bits per heavy atom. The summed E-state index contributed by atoms with van der Waals surface area (Å²) in [6, 6.07) is 7.32. The number of carbonyl (C=O) groups is 2. The van der Waals surface area contributed by atoms with E-state index in [9.17, 15) is 9.59 Å². The molecule has 1 aromatic carbocycles. The van der Waals surface area contributed by atoms with Crippen molar-refractivity contribution in [2.75, 3.05) is 66.0 Å². The van der Waals surface area contributed by atoms with Crippen LogP contribution in [0.3, 0.4) is 0 Å². The molecule has 162 valence electrons. The minimum atomic E-state index is -0.302. The minimum absolute atomic E-state index is 0.247. The Balaban J connectivity index is 1.30. The second kappa shape index (κ2) is 14.3. The van der Waals surface area contributed by atoms with E-state index in [4.69, 9.17) is 30.1 Å². The Hall–Kier alpha value is -2.70. The Morgan fingerprint density at radius 2 is 1.17 bits per heavy atom. The number of imide groups is 1. The molecule has 0 aliphatic carbocycles. The molecule has 30 heavy (non-hydrogen) atoms. The summed E-state index contributed by atoms with van der Waals surface area (Å²) < 4.78 is 27.1. The molecule has 0 saturated heterocycles. The van der Waals surface area contributed by atoms with E-state index in [1.807, 2.05) is 24.3 Å². The van der Waals surface area contributed by atoms with E-state index in [-0.39, 0.29) is 25.0 Å². The largest absolute Gasteiger partial charge is 0.491 e. The maximum Gasteiger partial charge on any atom is 0.253 e. The summed E-state index contributed by atoms with van der Waals surface area (Å²) >= 11 is 0. The predicted octanol–water partition coefficient (Wildman–Crippen LogP) is 1.04. The van der Waals surface area contributed by atoms with Crippen LogP contribution >= 0.6 is 0 Å². The van der Waals surface area contributed by atoms with Gasteiger partial charge in [-0.3, -0.25) is 14.5 Å². The Labute approximate surface area is 176 Å². The number of amides is 2. The average molecular weight is 417 g/mol. The van der Waals surface area contributed by atoms with E-state index in [0.29, 0.717) is 52.9 Å². The van der Waals surface area contributed by atoms with E-state index in [0.717, 1.165) is 16.2 Å². The normalized spacial score (nSPS) is 13.1. The van der Waals surface area contributed by atoms with Gasteiger partial charge in [-0.1, -0.05) is 5.92 Å². The molecule has 0 bridgehead atoms.